The van der Waals surface area contributed by atoms with Crippen LogP contribution in [-0.2, 0) is 16.8 Å². The van der Waals surface area contributed by atoms with E-state index in [4.69, 9.17) is 31.2 Å². The van der Waals surface area contributed by atoms with Crippen molar-refractivity contribution in [3.63, 3.8) is 0 Å². The summed E-state index contributed by atoms with van der Waals surface area (Å²) in [6, 6.07) is 19.3. The van der Waals surface area contributed by atoms with E-state index in [0.29, 0.717) is 28.6 Å². The molecule has 1 aromatic heterocycles. The van der Waals surface area contributed by atoms with Crippen molar-refractivity contribution in [2.24, 2.45) is 5.41 Å². The molecule has 0 amide bonds. The molecule has 2 N–H and O–H groups in total. The van der Waals surface area contributed by atoms with E-state index in [1.54, 1.807) is 6.07 Å². The number of nitrogens with zero attached hydrogens (tertiary/aromatic N) is 6. The van der Waals surface area contributed by atoms with Gasteiger partial charge in [0.05, 0.1) is 17.3 Å². The lowest BCUT2D eigenvalue weighted by Gasteiger charge is -2.59. The number of alkyl halides is 3. The number of hydrogen-bond acceptors (Lipinski definition) is 9. The molecule has 4 fully saturated rings. The van der Waals surface area contributed by atoms with Crippen molar-refractivity contribution < 1.29 is 27.8 Å². The highest BCUT2D eigenvalue weighted by atomic mass is 35.5. The van der Waals surface area contributed by atoms with E-state index in [2.05, 4.69) is 57.0 Å². The van der Waals surface area contributed by atoms with Gasteiger partial charge in [0.1, 0.15) is 12.4 Å². The van der Waals surface area contributed by atoms with Crippen LogP contribution in [0.5, 0.6) is 5.75 Å². The number of anilines is 1. The van der Waals surface area contributed by atoms with Gasteiger partial charge in [0, 0.05) is 68.0 Å². The Labute approximate surface area is 307 Å². The molecule has 0 atom stereocenters. The first-order chi connectivity index (χ1) is 24.7. The molecule has 7 rings (SSSR count). The van der Waals surface area contributed by atoms with Gasteiger partial charge in [0.25, 0.3) is 0 Å². The molecule has 4 heterocycles. The maximum atomic E-state index is 10.6. The number of likely N-dealkylation sites (tertiary alicyclic amines) is 1. The van der Waals surface area contributed by atoms with Crippen molar-refractivity contribution >= 4 is 23.5 Å². The molecule has 1 saturated carbocycles. The predicted octanol–water partition coefficient (Wildman–Crippen LogP) is 5.88. The number of benzene rings is 2. The molecule has 1 aliphatic carbocycles. The van der Waals surface area contributed by atoms with E-state index in [9.17, 15) is 18.4 Å². The molecule has 0 radical (unpaired) electrons. The van der Waals surface area contributed by atoms with Crippen molar-refractivity contribution in [3.8, 4) is 11.8 Å². The first-order valence-corrected chi connectivity index (χ1v) is 18.1. The van der Waals surface area contributed by atoms with Crippen molar-refractivity contribution in [2.45, 2.75) is 69.8 Å². The molecule has 3 aliphatic heterocycles. The number of nitriles is 1. The first kappa shape index (κ1) is 37.8. The van der Waals surface area contributed by atoms with Crippen LogP contribution in [0.15, 0.2) is 54.7 Å². The van der Waals surface area contributed by atoms with E-state index in [1.165, 1.54) is 51.9 Å². The van der Waals surface area contributed by atoms with Crippen LogP contribution < -0.4 is 15.0 Å². The third-order valence-corrected chi connectivity index (χ3v) is 11.4. The van der Waals surface area contributed by atoms with Gasteiger partial charge < -0.3 is 20.1 Å². The molecule has 2 aromatic carbocycles. The third-order valence-electron chi connectivity index (χ3n) is 11.2. The summed E-state index contributed by atoms with van der Waals surface area (Å²) in [5.41, 5.74) is 3.91. The Morgan fingerprint density at radius 2 is 1.65 bits per heavy atom. The van der Waals surface area contributed by atoms with Crippen LogP contribution in [0.2, 0.25) is 5.02 Å². The Kier molecular flexibility index (Phi) is 11.3. The number of carboxylic acids is 1. The second-order valence-electron chi connectivity index (χ2n) is 14.9. The van der Waals surface area contributed by atoms with Crippen LogP contribution in [0.25, 0.3) is 0 Å². The van der Waals surface area contributed by atoms with Gasteiger partial charge in [-0.25, -0.2) is 14.8 Å². The van der Waals surface area contributed by atoms with Crippen LogP contribution >= 0.6 is 11.6 Å². The van der Waals surface area contributed by atoms with Crippen molar-refractivity contribution in [3.05, 3.63) is 82.1 Å². The number of aromatic nitrogens is 2. The molecule has 0 unspecified atom stereocenters. The number of hydrogen-bond donors (Lipinski definition) is 2. The zero-order valence-electron chi connectivity index (χ0n) is 29.5. The lowest BCUT2D eigenvalue weighted by molar-refractivity contribution is -0.192. The lowest BCUT2D eigenvalue weighted by Crippen LogP contribution is -2.68. The molecule has 1 spiro atoms. The summed E-state index contributed by atoms with van der Waals surface area (Å²) in [6.45, 7) is 13.6. The number of halogens is 4. The van der Waals surface area contributed by atoms with Gasteiger partial charge in [-0.15, -0.1) is 0 Å². The lowest BCUT2D eigenvalue weighted by atomic mass is 9.60. The Morgan fingerprint density at radius 3 is 2.27 bits per heavy atom. The summed E-state index contributed by atoms with van der Waals surface area (Å²) in [5.74, 6) is -1.18. The molecule has 14 heteroatoms. The van der Waals surface area contributed by atoms with Gasteiger partial charge in [-0.05, 0) is 91.7 Å². The second-order valence-corrected chi connectivity index (χ2v) is 15.3. The van der Waals surface area contributed by atoms with E-state index >= 15 is 0 Å². The Balaban J connectivity index is 0.000000604. The van der Waals surface area contributed by atoms with Crippen molar-refractivity contribution in [1.29, 1.82) is 5.26 Å². The smallest absolute Gasteiger partial charge is 0.487 e. The van der Waals surface area contributed by atoms with Crippen LogP contribution in [0, 0.1) is 16.7 Å². The van der Waals surface area contributed by atoms with Crippen LogP contribution in [0.4, 0.5) is 19.1 Å². The minimum absolute atomic E-state index is 0.314. The fraction of sp³-hybridized carbons (Fsp3) is 0.526. The third kappa shape index (κ3) is 8.80. The minimum Gasteiger partial charge on any atom is -0.487 e. The highest BCUT2D eigenvalue weighted by Gasteiger charge is 2.49. The largest absolute Gasteiger partial charge is 0.490 e. The van der Waals surface area contributed by atoms with E-state index in [1.807, 2.05) is 36.5 Å². The van der Waals surface area contributed by atoms with Crippen LogP contribution in [-0.4, -0.2) is 101 Å². The normalized spacial score (nSPS) is 19.9. The molecular weight excluding hydrogens is 695 g/mol. The van der Waals surface area contributed by atoms with Crippen molar-refractivity contribution in [1.82, 2.24) is 25.1 Å². The van der Waals surface area contributed by atoms with E-state index < -0.39 is 12.1 Å². The zero-order chi connectivity index (χ0) is 37.1. The van der Waals surface area contributed by atoms with Gasteiger partial charge in [0.15, 0.2) is 0 Å². The summed E-state index contributed by atoms with van der Waals surface area (Å²) >= 11 is 6.29. The number of carbonyl (C=O) groups is 1. The summed E-state index contributed by atoms with van der Waals surface area (Å²) in [6.07, 6.45) is 2.36. The topological polar surface area (TPSA) is 118 Å². The summed E-state index contributed by atoms with van der Waals surface area (Å²) in [4.78, 5) is 26.1. The van der Waals surface area contributed by atoms with E-state index in [-0.39, 0.29) is 5.41 Å². The Bertz CT molecular complexity index is 1740. The molecule has 10 nitrogen and oxygen atoms in total. The highest BCUT2D eigenvalue weighted by molar-refractivity contribution is 6.30. The van der Waals surface area contributed by atoms with Gasteiger partial charge in [-0.1, -0.05) is 37.6 Å². The molecular formula is C38H45ClF3N7O3. The number of nitrogens with one attached hydrogen (secondary N) is 1. The van der Waals surface area contributed by atoms with Gasteiger partial charge in [0.2, 0.25) is 5.95 Å². The quantitative estimate of drug-likeness (QED) is 0.290. The van der Waals surface area contributed by atoms with Crippen molar-refractivity contribution in [2.75, 3.05) is 57.3 Å². The average Bonchev–Trinajstić information content (AvgIpc) is 3.10. The molecule has 3 saturated heterocycles. The molecule has 52 heavy (non-hydrogen) atoms. The number of piperazine rings is 1. The molecule has 4 aliphatic rings. The Hall–Kier alpha value is -3.96. The first-order valence-electron chi connectivity index (χ1n) is 17.7. The Morgan fingerprint density at radius 1 is 1.00 bits per heavy atom. The average molecular weight is 740 g/mol. The molecule has 3 aromatic rings. The predicted molar refractivity (Wildman–Crippen MR) is 191 cm³/mol. The van der Waals surface area contributed by atoms with Gasteiger partial charge in [-0.3, -0.25) is 9.80 Å². The number of piperidine rings is 1. The number of ether oxygens (including phenoxy) is 1. The summed E-state index contributed by atoms with van der Waals surface area (Å²) in [5, 5.41) is 20.6. The highest BCUT2D eigenvalue weighted by Crippen LogP contribution is 2.50. The van der Waals surface area contributed by atoms with Gasteiger partial charge >= 0.3 is 12.1 Å². The second kappa shape index (κ2) is 15.6. The summed E-state index contributed by atoms with van der Waals surface area (Å²) in [7, 11) is 0. The minimum atomic E-state index is -5.08. The molecule has 278 valence electrons. The molecule has 0 bridgehead atoms. The standard InChI is InChI=1S/C36H44ClN7O.C2HF3O2/c1-35(2,28-17-26(22-38)18-29(37)19-28)27-3-5-33(6-4-27)45-25-30-7-10-40-34(41-30)43-15-13-42(14-16-43)32-23-44(24-32)31-20-36(21-31)8-11-39-12-9-36;3-2(4,5)1(6)7/h3-7,10,17-19,31-32,39H,8-9,11-16,20-21,23-25H2,1-2H3;(H,6,7). The van der Waals surface area contributed by atoms with Crippen LogP contribution in [0.3, 0.4) is 0 Å². The SMILES string of the molecule is CC(C)(c1ccc(OCc2ccnc(N3CCN(C4CN(C5CC6(CCNCC6)C5)C4)CC3)n2)cc1)c1cc(Cl)cc(C#N)c1.O=C(O)C(F)(F)F. The maximum Gasteiger partial charge on any atom is 0.490 e. The van der Waals surface area contributed by atoms with E-state index in [0.717, 1.165) is 60.7 Å². The fourth-order valence-electron chi connectivity index (χ4n) is 7.79. The maximum absolute atomic E-state index is 10.6. The monoisotopic (exact) mass is 739 g/mol. The van der Waals surface area contributed by atoms with Crippen LogP contribution in [0.1, 0.15) is 61.9 Å². The fourth-order valence-corrected chi connectivity index (χ4v) is 8.03. The van der Waals surface area contributed by atoms with Gasteiger partial charge in [-0.2, -0.15) is 18.4 Å². The summed E-state index contributed by atoms with van der Waals surface area (Å²) < 4.78 is 37.9. The number of carboxylic acid groups (broad SMARTS) is 1. The number of rotatable bonds is 8. The number of aliphatic carboxylic acids is 1. The zero-order valence-corrected chi connectivity index (χ0v) is 30.3.